The zero-order valence-electron chi connectivity index (χ0n) is 9.06. The molecule has 1 fully saturated rings. The lowest BCUT2D eigenvalue weighted by Crippen LogP contribution is -2.48. The highest BCUT2D eigenvalue weighted by Crippen LogP contribution is 2.13. The van der Waals surface area contributed by atoms with Gasteiger partial charge >= 0.3 is 0 Å². The number of aromatic nitrogens is 2. The lowest BCUT2D eigenvalue weighted by molar-refractivity contribution is -0.129. The summed E-state index contributed by atoms with van der Waals surface area (Å²) in [6.07, 6.45) is 1.64. The molecule has 0 radical (unpaired) electrons. The van der Waals surface area contributed by atoms with Gasteiger partial charge in [0.15, 0.2) is 0 Å². The SMILES string of the molecule is CC(=O)N1CCN(c2nccc(Cl)n2)CC1. The number of anilines is 1. The average Bonchev–Trinajstić information content (AvgIpc) is 2.29. The van der Waals surface area contributed by atoms with Gasteiger partial charge in [-0.15, -0.1) is 0 Å². The normalized spacial score (nSPS) is 16.4. The fourth-order valence-corrected chi connectivity index (χ4v) is 1.83. The second-order valence-corrected chi connectivity index (χ2v) is 4.06. The van der Waals surface area contributed by atoms with Gasteiger partial charge in [-0.05, 0) is 6.07 Å². The summed E-state index contributed by atoms with van der Waals surface area (Å²) in [5.74, 6) is 0.752. The Balaban J connectivity index is 2.01. The first-order valence-electron chi connectivity index (χ1n) is 5.16. The summed E-state index contributed by atoms with van der Waals surface area (Å²) in [4.78, 5) is 23.3. The summed E-state index contributed by atoms with van der Waals surface area (Å²) < 4.78 is 0. The Hall–Kier alpha value is -1.36. The summed E-state index contributed by atoms with van der Waals surface area (Å²) >= 11 is 5.80. The lowest BCUT2D eigenvalue weighted by atomic mass is 10.3. The maximum Gasteiger partial charge on any atom is 0.226 e. The molecule has 16 heavy (non-hydrogen) atoms. The van der Waals surface area contributed by atoms with E-state index in [-0.39, 0.29) is 5.91 Å². The third-order valence-electron chi connectivity index (χ3n) is 2.62. The number of carbonyl (C=O) groups is 1. The summed E-state index contributed by atoms with van der Waals surface area (Å²) in [6, 6.07) is 1.65. The summed E-state index contributed by atoms with van der Waals surface area (Å²) in [5.41, 5.74) is 0. The van der Waals surface area contributed by atoms with Crippen LogP contribution in [-0.4, -0.2) is 47.0 Å². The van der Waals surface area contributed by atoms with Crippen LogP contribution in [0.25, 0.3) is 0 Å². The third-order valence-corrected chi connectivity index (χ3v) is 2.83. The van der Waals surface area contributed by atoms with Crippen LogP contribution in [0.2, 0.25) is 5.15 Å². The van der Waals surface area contributed by atoms with Crippen LogP contribution in [0.15, 0.2) is 12.3 Å². The topological polar surface area (TPSA) is 49.3 Å². The molecule has 0 unspecified atom stereocenters. The Morgan fingerprint density at radius 3 is 2.62 bits per heavy atom. The smallest absolute Gasteiger partial charge is 0.226 e. The van der Waals surface area contributed by atoms with Crippen LogP contribution in [0.3, 0.4) is 0 Å². The molecule has 6 heteroatoms. The van der Waals surface area contributed by atoms with Crippen molar-refractivity contribution in [2.45, 2.75) is 6.92 Å². The highest BCUT2D eigenvalue weighted by Gasteiger charge is 2.20. The van der Waals surface area contributed by atoms with Gasteiger partial charge in [0.25, 0.3) is 0 Å². The highest BCUT2D eigenvalue weighted by molar-refractivity contribution is 6.29. The lowest BCUT2D eigenvalue weighted by Gasteiger charge is -2.34. The minimum Gasteiger partial charge on any atom is -0.339 e. The van der Waals surface area contributed by atoms with Gasteiger partial charge in [0.2, 0.25) is 11.9 Å². The van der Waals surface area contributed by atoms with Gasteiger partial charge in [0, 0.05) is 39.3 Å². The molecule has 1 amide bonds. The van der Waals surface area contributed by atoms with Crippen molar-refractivity contribution >= 4 is 23.5 Å². The van der Waals surface area contributed by atoms with E-state index in [9.17, 15) is 4.79 Å². The van der Waals surface area contributed by atoms with Crippen molar-refractivity contribution in [2.24, 2.45) is 0 Å². The number of hydrogen-bond acceptors (Lipinski definition) is 4. The molecule has 0 spiro atoms. The Kier molecular flexibility index (Phi) is 3.24. The van der Waals surface area contributed by atoms with E-state index < -0.39 is 0 Å². The first kappa shape index (κ1) is 11.1. The van der Waals surface area contributed by atoms with Crippen molar-refractivity contribution in [1.29, 1.82) is 0 Å². The first-order valence-corrected chi connectivity index (χ1v) is 5.53. The van der Waals surface area contributed by atoms with E-state index in [1.54, 1.807) is 19.2 Å². The second-order valence-electron chi connectivity index (χ2n) is 3.67. The van der Waals surface area contributed by atoms with Crippen molar-refractivity contribution in [1.82, 2.24) is 14.9 Å². The zero-order valence-corrected chi connectivity index (χ0v) is 9.81. The highest BCUT2D eigenvalue weighted by atomic mass is 35.5. The Labute approximate surface area is 99.0 Å². The van der Waals surface area contributed by atoms with Crippen LogP contribution in [0.4, 0.5) is 5.95 Å². The molecule has 1 aromatic rings. The predicted molar refractivity (Wildman–Crippen MR) is 61.5 cm³/mol. The van der Waals surface area contributed by atoms with Gasteiger partial charge in [0.1, 0.15) is 5.15 Å². The summed E-state index contributed by atoms with van der Waals surface area (Å²) in [5, 5.41) is 0.444. The third kappa shape index (κ3) is 2.41. The standard InChI is InChI=1S/C10H13ClN4O/c1-8(16)14-4-6-15(7-5-14)10-12-3-2-9(11)13-10/h2-3H,4-7H2,1H3. The minimum absolute atomic E-state index is 0.117. The molecule has 0 bridgehead atoms. The maximum atomic E-state index is 11.2. The molecule has 2 rings (SSSR count). The van der Waals surface area contributed by atoms with Gasteiger partial charge in [-0.3, -0.25) is 4.79 Å². The van der Waals surface area contributed by atoms with Gasteiger partial charge in [-0.2, -0.15) is 0 Å². The Morgan fingerprint density at radius 1 is 1.38 bits per heavy atom. The number of amides is 1. The van der Waals surface area contributed by atoms with Crippen molar-refractivity contribution in [3.8, 4) is 0 Å². The number of nitrogens with zero attached hydrogens (tertiary/aromatic N) is 4. The van der Waals surface area contributed by atoms with Gasteiger partial charge in [-0.25, -0.2) is 9.97 Å². The monoisotopic (exact) mass is 240 g/mol. The molecule has 0 aromatic carbocycles. The molecular weight excluding hydrogens is 228 g/mol. The van der Waals surface area contributed by atoms with Gasteiger partial charge in [-0.1, -0.05) is 11.6 Å². The van der Waals surface area contributed by atoms with Gasteiger partial charge < -0.3 is 9.80 Å². The molecule has 1 saturated heterocycles. The minimum atomic E-state index is 0.117. The van der Waals surface area contributed by atoms with E-state index in [0.717, 1.165) is 13.1 Å². The molecule has 1 aliphatic heterocycles. The number of hydrogen-bond donors (Lipinski definition) is 0. The van der Waals surface area contributed by atoms with Crippen molar-refractivity contribution in [3.05, 3.63) is 17.4 Å². The van der Waals surface area contributed by atoms with E-state index in [0.29, 0.717) is 24.2 Å². The largest absolute Gasteiger partial charge is 0.339 e. The number of piperazine rings is 1. The quantitative estimate of drug-likeness (QED) is 0.682. The number of carbonyl (C=O) groups excluding carboxylic acids is 1. The maximum absolute atomic E-state index is 11.2. The Bertz CT molecular complexity index is 390. The molecule has 2 heterocycles. The summed E-state index contributed by atoms with van der Waals surface area (Å²) in [7, 11) is 0. The average molecular weight is 241 g/mol. The molecule has 0 atom stereocenters. The zero-order chi connectivity index (χ0) is 11.5. The van der Waals surface area contributed by atoms with Crippen LogP contribution in [0.1, 0.15) is 6.92 Å². The van der Waals surface area contributed by atoms with Crippen LogP contribution in [-0.2, 0) is 4.79 Å². The molecule has 86 valence electrons. The summed E-state index contributed by atoms with van der Waals surface area (Å²) in [6.45, 7) is 4.52. The van der Waals surface area contributed by atoms with Gasteiger partial charge in [0.05, 0.1) is 0 Å². The molecule has 5 nitrogen and oxygen atoms in total. The Morgan fingerprint density at radius 2 is 2.06 bits per heavy atom. The van der Waals surface area contributed by atoms with E-state index >= 15 is 0 Å². The number of rotatable bonds is 1. The van der Waals surface area contributed by atoms with Crippen LogP contribution < -0.4 is 4.90 Å². The molecule has 0 N–H and O–H groups in total. The van der Waals surface area contributed by atoms with Crippen LogP contribution in [0, 0.1) is 0 Å². The fourth-order valence-electron chi connectivity index (χ4n) is 1.70. The molecule has 0 aliphatic carbocycles. The van der Waals surface area contributed by atoms with Crippen molar-refractivity contribution < 1.29 is 4.79 Å². The molecular formula is C10H13ClN4O. The van der Waals surface area contributed by atoms with E-state index in [2.05, 4.69) is 9.97 Å². The van der Waals surface area contributed by atoms with Crippen molar-refractivity contribution in [2.75, 3.05) is 31.1 Å². The van der Waals surface area contributed by atoms with Crippen LogP contribution in [0.5, 0.6) is 0 Å². The van der Waals surface area contributed by atoms with E-state index in [1.807, 2.05) is 9.80 Å². The molecule has 0 saturated carbocycles. The van der Waals surface area contributed by atoms with Crippen LogP contribution >= 0.6 is 11.6 Å². The fraction of sp³-hybridized carbons (Fsp3) is 0.500. The first-order chi connectivity index (χ1) is 7.66. The van der Waals surface area contributed by atoms with Crippen molar-refractivity contribution in [3.63, 3.8) is 0 Å². The number of halogens is 1. The van der Waals surface area contributed by atoms with E-state index in [4.69, 9.17) is 11.6 Å². The van der Waals surface area contributed by atoms with E-state index in [1.165, 1.54) is 0 Å². The second kappa shape index (κ2) is 4.65. The predicted octanol–water partition coefficient (Wildman–Crippen LogP) is 0.798. The molecule has 1 aliphatic rings. The molecule has 1 aromatic heterocycles.